The van der Waals surface area contributed by atoms with E-state index in [0.29, 0.717) is 6.54 Å². The van der Waals surface area contributed by atoms with Crippen LogP contribution in [-0.2, 0) is 22.7 Å². The molecule has 6 nitrogen and oxygen atoms in total. The molecule has 0 spiro atoms. The van der Waals surface area contributed by atoms with Crippen molar-refractivity contribution in [3.8, 4) is 11.1 Å². The summed E-state index contributed by atoms with van der Waals surface area (Å²) in [6, 6.07) is 23.8. The number of benzene rings is 3. The SMILES string of the molecule is CC(=O)N1c2ccc(-c3ccc(CN(C)C(=O)OCc4ccccc4)cc3)cc2[C@H](N)C[C@@H]1C. The fraction of sp³-hybridized carbons (Fsp3) is 0.286. The van der Waals surface area contributed by atoms with Gasteiger partial charge in [-0.1, -0.05) is 60.7 Å². The number of rotatable bonds is 5. The van der Waals surface area contributed by atoms with Gasteiger partial charge in [0.1, 0.15) is 6.61 Å². The molecule has 0 saturated heterocycles. The Morgan fingerprint density at radius 1 is 1.00 bits per heavy atom. The molecule has 3 aromatic carbocycles. The minimum atomic E-state index is -0.360. The smallest absolute Gasteiger partial charge is 0.410 e. The van der Waals surface area contributed by atoms with Gasteiger partial charge in [-0.3, -0.25) is 4.79 Å². The van der Waals surface area contributed by atoms with Gasteiger partial charge < -0.3 is 20.3 Å². The lowest BCUT2D eigenvalue weighted by Crippen LogP contribution is -2.43. The normalized spacial score (nSPS) is 17.1. The summed E-state index contributed by atoms with van der Waals surface area (Å²) in [5.41, 5.74) is 12.4. The maximum absolute atomic E-state index is 12.3. The fourth-order valence-corrected chi connectivity index (χ4v) is 4.54. The molecule has 0 bridgehead atoms. The zero-order valence-corrected chi connectivity index (χ0v) is 19.9. The van der Waals surface area contributed by atoms with Gasteiger partial charge in [-0.15, -0.1) is 0 Å². The van der Waals surface area contributed by atoms with E-state index < -0.39 is 0 Å². The van der Waals surface area contributed by atoms with Crippen molar-refractivity contribution in [2.45, 2.75) is 45.5 Å². The van der Waals surface area contributed by atoms with Crippen LogP contribution in [-0.4, -0.2) is 30.0 Å². The first kappa shape index (κ1) is 23.5. The lowest BCUT2D eigenvalue weighted by molar-refractivity contribution is -0.117. The van der Waals surface area contributed by atoms with E-state index in [2.05, 4.69) is 6.07 Å². The van der Waals surface area contributed by atoms with Crippen LogP contribution in [0.25, 0.3) is 11.1 Å². The van der Waals surface area contributed by atoms with E-state index in [-0.39, 0.29) is 30.7 Å². The third kappa shape index (κ3) is 5.13. The third-order valence-electron chi connectivity index (χ3n) is 6.29. The minimum absolute atomic E-state index is 0.0316. The third-order valence-corrected chi connectivity index (χ3v) is 6.29. The molecule has 176 valence electrons. The van der Waals surface area contributed by atoms with E-state index in [9.17, 15) is 9.59 Å². The molecule has 0 fully saturated rings. The van der Waals surface area contributed by atoms with Crippen LogP contribution in [0.1, 0.15) is 43.0 Å². The van der Waals surface area contributed by atoms with Crippen LogP contribution < -0.4 is 10.6 Å². The first-order valence-corrected chi connectivity index (χ1v) is 11.5. The Labute approximate surface area is 200 Å². The summed E-state index contributed by atoms with van der Waals surface area (Å²) in [4.78, 5) is 27.9. The zero-order chi connectivity index (χ0) is 24.2. The standard InChI is InChI=1S/C28H31N3O3/c1-19-15-26(29)25-16-24(13-14-27(25)31(19)20(2)32)23-11-9-21(10-12-23)17-30(3)28(33)34-18-22-7-5-4-6-8-22/h4-14,16,19,26H,15,17-18,29H2,1-3H3/t19-,26+/m0/s1. The summed E-state index contributed by atoms with van der Waals surface area (Å²) >= 11 is 0. The Morgan fingerprint density at radius 3 is 2.35 bits per heavy atom. The molecule has 0 unspecified atom stereocenters. The van der Waals surface area contributed by atoms with Crippen LogP contribution in [0.15, 0.2) is 72.8 Å². The van der Waals surface area contributed by atoms with Gasteiger partial charge in [0, 0.05) is 38.3 Å². The molecule has 2 N–H and O–H groups in total. The molecule has 4 rings (SSSR count). The van der Waals surface area contributed by atoms with Crippen molar-refractivity contribution in [2.24, 2.45) is 5.73 Å². The van der Waals surface area contributed by atoms with Gasteiger partial charge in [-0.2, -0.15) is 0 Å². The molecule has 2 amide bonds. The number of hydrogen-bond acceptors (Lipinski definition) is 4. The molecule has 1 heterocycles. The summed E-state index contributed by atoms with van der Waals surface area (Å²) in [6.45, 7) is 4.33. The number of nitrogens with zero attached hydrogens (tertiary/aromatic N) is 2. The van der Waals surface area contributed by atoms with Crippen LogP contribution in [0, 0.1) is 0 Å². The summed E-state index contributed by atoms with van der Waals surface area (Å²) in [5.74, 6) is 0.0316. The minimum Gasteiger partial charge on any atom is -0.445 e. The van der Waals surface area contributed by atoms with Gasteiger partial charge in [0.2, 0.25) is 5.91 Å². The summed E-state index contributed by atoms with van der Waals surface area (Å²) in [6.07, 6.45) is 0.377. The lowest BCUT2D eigenvalue weighted by Gasteiger charge is -2.38. The molecule has 3 aromatic rings. The number of hydrogen-bond donors (Lipinski definition) is 1. The second kappa shape index (κ2) is 10.1. The van der Waals surface area contributed by atoms with Gasteiger partial charge in [0.15, 0.2) is 0 Å². The molecular weight excluding hydrogens is 426 g/mol. The molecule has 0 aliphatic carbocycles. The first-order chi connectivity index (χ1) is 16.3. The van der Waals surface area contributed by atoms with Crippen LogP contribution in [0.3, 0.4) is 0 Å². The Morgan fingerprint density at radius 2 is 1.68 bits per heavy atom. The van der Waals surface area contributed by atoms with Crippen molar-refractivity contribution in [2.75, 3.05) is 11.9 Å². The van der Waals surface area contributed by atoms with E-state index in [4.69, 9.17) is 10.5 Å². The number of nitrogens with two attached hydrogens (primary N) is 1. The maximum Gasteiger partial charge on any atom is 0.410 e. The first-order valence-electron chi connectivity index (χ1n) is 11.5. The molecule has 0 saturated carbocycles. The van der Waals surface area contributed by atoms with E-state index in [1.54, 1.807) is 18.9 Å². The predicted molar refractivity (Wildman–Crippen MR) is 134 cm³/mol. The predicted octanol–water partition coefficient (Wildman–Crippen LogP) is 5.27. The van der Waals surface area contributed by atoms with Crippen molar-refractivity contribution in [3.63, 3.8) is 0 Å². The Bertz CT molecular complexity index is 1160. The average molecular weight is 458 g/mol. The van der Waals surface area contributed by atoms with Crippen molar-refractivity contribution in [3.05, 3.63) is 89.5 Å². The second-order valence-electron chi connectivity index (χ2n) is 8.95. The van der Waals surface area contributed by atoms with Crippen molar-refractivity contribution >= 4 is 17.7 Å². The molecular formula is C28H31N3O3. The number of anilines is 1. The van der Waals surface area contributed by atoms with Gasteiger partial charge in [-0.05, 0) is 53.3 Å². The highest BCUT2D eigenvalue weighted by Gasteiger charge is 2.30. The van der Waals surface area contributed by atoms with Crippen LogP contribution >= 0.6 is 0 Å². The maximum atomic E-state index is 12.3. The summed E-state index contributed by atoms with van der Waals surface area (Å²) < 4.78 is 5.40. The monoisotopic (exact) mass is 457 g/mol. The summed E-state index contributed by atoms with van der Waals surface area (Å²) in [5, 5.41) is 0. The van der Waals surface area contributed by atoms with E-state index >= 15 is 0 Å². The highest BCUT2D eigenvalue weighted by molar-refractivity contribution is 5.94. The number of carbonyl (C=O) groups excluding carboxylic acids is 2. The molecule has 34 heavy (non-hydrogen) atoms. The lowest BCUT2D eigenvalue weighted by atomic mass is 9.89. The van der Waals surface area contributed by atoms with Crippen molar-refractivity contribution in [1.82, 2.24) is 4.90 Å². The quantitative estimate of drug-likeness (QED) is 0.567. The Kier molecular flexibility index (Phi) is 6.98. The van der Waals surface area contributed by atoms with Crippen molar-refractivity contribution < 1.29 is 14.3 Å². The molecule has 2 atom stereocenters. The molecule has 0 aromatic heterocycles. The average Bonchev–Trinajstić information content (AvgIpc) is 2.83. The van der Waals surface area contributed by atoms with Gasteiger partial charge in [-0.25, -0.2) is 4.79 Å². The van der Waals surface area contributed by atoms with E-state index in [1.807, 2.05) is 78.6 Å². The van der Waals surface area contributed by atoms with Crippen molar-refractivity contribution in [1.29, 1.82) is 0 Å². The van der Waals surface area contributed by atoms with Crippen LogP contribution in [0.4, 0.5) is 10.5 Å². The molecule has 1 aliphatic rings. The fourth-order valence-electron chi connectivity index (χ4n) is 4.54. The molecule has 1 aliphatic heterocycles. The summed E-state index contributed by atoms with van der Waals surface area (Å²) in [7, 11) is 1.73. The van der Waals surface area contributed by atoms with Gasteiger partial charge in [0.25, 0.3) is 0 Å². The molecule has 0 radical (unpaired) electrons. The van der Waals surface area contributed by atoms with Gasteiger partial charge >= 0.3 is 6.09 Å². The number of ether oxygens (including phenoxy) is 1. The number of carbonyl (C=O) groups is 2. The van der Waals surface area contributed by atoms with E-state index in [1.165, 1.54) is 0 Å². The Hall–Kier alpha value is -3.64. The second-order valence-corrected chi connectivity index (χ2v) is 8.95. The largest absolute Gasteiger partial charge is 0.445 e. The van der Waals surface area contributed by atoms with E-state index in [0.717, 1.165) is 39.9 Å². The Balaban J connectivity index is 1.43. The van der Waals surface area contributed by atoms with Crippen LogP contribution in [0.5, 0.6) is 0 Å². The topological polar surface area (TPSA) is 75.9 Å². The highest BCUT2D eigenvalue weighted by atomic mass is 16.6. The zero-order valence-electron chi connectivity index (χ0n) is 19.9. The number of amides is 2. The van der Waals surface area contributed by atoms with Gasteiger partial charge in [0.05, 0.1) is 0 Å². The molecule has 6 heteroatoms. The highest BCUT2D eigenvalue weighted by Crippen LogP contribution is 2.38. The van der Waals surface area contributed by atoms with Crippen LogP contribution in [0.2, 0.25) is 0 Å². The number of fused-ring (bicyclic) bond motifs is 1.